The molecular formula is C7H11N3O2. The number of rotatable bonds is 3. The van der Waals surface area contributed by atoms with E-state index in [9.17, 15) is 4.79 Å². The molecule has 0 aromatic carbocycles. The second kappa shape index (κ2) is 3.85. The number of nitrogens with zero attached hydrogens (tertiary/aromatic N) is 2. The fraction of sp³-hybridized carbons (Fsp3) is 0.571. The second-order valence-electron chi connectivity index (χ2n) is 2.21. The Bertz CT molecular complexity index is 269. The molecule has 1 aromatic rings. The molecule has 1 aromatic heterocycles. The number of nitrogens with one attached hydrogen (secondary N) is 1. The number of aromatic nitrogens is 2. The van der Waals surface area contributed by atoms with Crippen molar-refractivity contribution < 1.29 is 9.21 Å². The van der Waals surface area contributed by atoms with Gasteiger partial charge in [-0.3, -0.25) is 4.79 Å². The molecule has 0 fully saturated rings. The molecule has 1 amide bonds. The van der Waals surface area contributed by atoms with E-state index in [1.54, 1.807) is 0 Å². The predicted molar refractivity (Wildman–Crippen MR) is 41.7 cm³/mol. The Balaban J connectivity index is 2.68. The highest BCUT2D eigenvalue weighted by Crippen LogP contribution is 1.99. The van der Waals surface area contributed by atoms with Gasteiger partial charge in [-0.15, -0.1) is 10.2 Å². The monoisotopic (exact) mass is 169 g/mol. The van der Waals surface area contributed by atoms with E-state index in [0.29, 0.717) is 18.9 Å². The van der Waals surface area contributed by atoms with Gasteiger partial charge < -0.3 is 9.73 Å². The summed E-state index contributed by atoms with van der Waals surface area (Å²) in [5.41, 5.74) is 0. The van der Waals surface area contributed by atoms with Crippen LogP contribution in [0.3, 0.4) is 0 Å². The van der Waals surface area contributed by atoms with Gasteiger partial charge in [-0.25, -0.2) is 0 Å². The largest absolute Gasteiger partial charge is 0.417 e. The van der Waals surface area contributed by atoms with Gasteiger partial charge in [0.05, 0.1) is 0 Å². The number of carbonyl (C=O) groups excluding carboxylic acids is 1. The summed E-state index contributed by atoms with van der Waals surface area (Å²) in [5, 5.41) is 9.80. The van der Waals surface area contributed by atoms with Crippen molar-refractivity contribution in [3.05, 3.63) is 11.8 Å². The first-order valence-electron chi connectivity index (χ1n) is 3.88. The summed E-state index contributed by atoms with van der Waals surface area (Å²) < 4.78 is 5.01. The van der Waals surface area contributed by atoms with Crippen LogP contribution in [-0.4, -0.2) is 22.6 Å². The zero-order valence-corrected chi connectivity index (χ0v) is 7.13. The third-order valence-electron chi connectivity index (χ3n) is 1.30. The van der Waals surface area contributed by atoms with E-state index < -0.39 is 0 Å². The Kier molecular flexibility index (Phi) is 2.79. The van der Waals surface area contributed by atoms with Crippen molar-refractivity contribution in [2.75, 3.05) is 6.54 Å². The molecule has 1 N–H and O–H groups in total. The summed E-state index contributed by atoms with van der Waals surface area (Å²) in [6.45, 7) is 4.27. The van der Waals surface area contributed by atoms with E-state index in [2.05, 4.69) is 15.5 Å². The van der Waals surface area contributed by atoms with E-state index in [-0.39, 0.29) is 11.8 Å². The highest BCUT2D eigenvalue weighted by Gasteiger charge is 2.11. The van der Waals surface area contributed by atoms with Crippen LogP contribution in [0.5, 0.6) is 0 Å². The van der Waals surface area contributed by atoms with Gasteiger partial charge in [-0.1, -0.05) is 6.92 Å². The lowest BCUT2D eigenvalue weighted by Gasteiger charge is -1.93. The molecule has 1 heterocycles. The van der Waals surface area contributed by atoms with Crippen LogP contribution in [0.15, 0.2) is 4.42 Å². The van der Waals surface area contributed by atoms with Crippen LogP contribution in [0.4, 0.5) is 0 Å². The lowest BCUT2D eigenvalue weighted by atomic mass is 10.5. The highest BCUT2D eigenvalue weighted by atomic mass is 16.4. The third-order valence-corrected chi connectivity index (χ3v) is 1.30. The first-order valence-corrected chi connectivity index (χ1v) is 3.88. The van der Waals surface area contributed by atoms with E-state index in [1.807, 2.05) is 13.8 Å². The normalized spacial score (nSPS) is 9.83. The lowest BCUT2D eigenvalue weighted by molar-refractivity contribution is 0.0919. The maximum Gasteiger partial charge on any atom is 0.308 e. The Morgan fingerprint density at radius 1 is 1.50 bits per heavy atom. The van der Waals surface area contributed by atoms with Crippen molar-refractivity contribution >= 4 is 5.91 Å². The van der Waals surface area contributed by atoms with Gasteiger partial charge in [0.15, 0.2) is 0 Å². The summed E-state index contributed by atoms with van der Waals surface area (Å²) in [7, 11) is 0. The molecule has 0 unspecified atom stereocenters. The Morgan fingerprint density at radius 3 is 2.75 bits per heavy atom. The standard InChI is InChI=1S/C7H11N3O2/c1-3-5-9-10-7(12-5)6(11)8-4-2/h3-4H2,1-2H3,(H,8,11). The van der Waals surface area contributed by atoms with Crippen molar-refractivity contribution in [2.45, 2.75) is 20.3 Å². The molecule has 0 spiro atoms. The topological polar surface area (TPSA) is 68.0 Å². The van der Waals surface area contributed by atoms with E-state index in [0.717, 1.165) is 0 Å². The van der Waals surface area contributed by atoms with Crippen LogP contribution >= 0.6 is 0 Å². The van der Waals surface area contributed by atoms with Crippen LogP contribution < -0.4 is 5.32 Å². The molecule has 12 heavy (non-hydrogen) atoms. The minimum absolute atomic E-state index is 0.0358. The minimum Gasteiger partial charge on any atom is -0.417 e. The number of carbonyl (C=O) groups is 1. The molecule has 0 atom stereocenters. The van der Waals surface area contributed by atoms with Crippen molar-refractivity contribution in [1.82, 2.24) is 15.5 Å². The molecule has 0 radical (unpaired) electrons. The highest BCUT2D eigenvalue weighted by molar-refractivity contribution is 5.89. The maximum atomic E-state index is 11.1. The van der Waals surface area contributed by atoms with Gasteiger partial charge in [-0.2, -0.15) is 0 Å². The van der Waals surface area contributed by atoms with Crippen LogP contribution in [0, 0.1) is 0 Å². The SMILES string of the molecule is CCNC(=O)c1nnc(CC)o1. The molecule has 1 rings (SSSR count). The molecular weight excluding hydrogens is 158 g/mol. The van der Waals surface area contributed by atoms with Crippen LogP contribution in [0.25, 0.3) is 0 Å². The van der Waals surface area contributed by atoms with Crippen LogP contribution in [0.1, 0.15) is 30.4 Å². The van der Waals surface area contributed by atoms with E-state index in [4.69, 9.17) is 4.42 Å². The van der Waals surface area contributed by atoms with Crippen LogP contribution in [-0.2, 0) is 6.42 Å². The first kappa shape index (κ1) is 8.70. The van der Waals surface area contributed by atoms with Gasteiger partial charge in [0.25, 0.3) is 0 Å². The Hall–Kier alpha value is -1.39. The van der Waals surface area contributed by atoms with Gasteiger partial charge in [0.1, 0.15) is 0 Å². The van der Waals surface area contributed by atoms with E-state index >= 15 is 0 Å². The van der Waals surface area contributed by atoms with Crippen LogP contribution in [0.2, 0.25) is 0 Å². The molecule has 0 aliphatic heterocycles. The average molecular weight is 169 g/mol. The fourth-order valence-electron chi connectivity index (χ4n) is 0.724. The number of aryl methyl sites for hydroxylation is 1. The maximum absolute atomic E-state index is 11.1. The first-order chi connectivity index (χ1) is 5.77. The van der Waals surface area contributed by atoms with Crippen molar-refractivity contribution in [3.63, 3.8) is 0 Å². The van der Waals surface area contributed by atoms with Gasteiger partial charge in [0, 0.05) is 13.0 Å². The summed E-state index contributed by atoms with van der Waals surface area (Å²) in [5.74, 6) is 0.203. The zero-order valence-electron chi connectivity index (χ0n) is 7.13. The number of hydrogen-bond donors (Lipinski definition) is 1. The van der Waals surface area contributed by atoms with Gasteiger partial charge in [-0.05, 0) is 6.92 Å². The minimum atomic E-state index is -0.315. The quantitative estimate of drug-likeness (QED) is 0.710. The molecule has 5 heteroatoms. The molecule has 0 aliphatic carbocycles. The summed E-state index contributed by atoms with van der Waals surface area (Å²) >= 11 is 0. The van der Waals surface area contributed by atoms with Crippen molar-refractivity contribution in [1.29, 1.82) is 0 Å². The average Bonchev–Trinajstić information content (AvgIpc) is 2.52. The predicted octanol–water partition coefficient (Wildman–Crippen LogP) is 0.382. The fourth-order valence-corrected chi connectivity index (χ4v) is 0.724. The molecule has 5 nitrogen and oxygen atoms in total. The Morgan fingerprint density at radius 2 is 2.25 bits per heavy atom. The molecule has 0 aliphatic rings. The third kappa shape index (κ3) is 1.81. The number of amides is 1. The van der Waals surface area contributed by atoms with Gasteiger partial charge in [0.2, 0.25) is 5.89 Å². The Labute approximate surface area is 70.2 Å². The molecule has 0 bridgehead atoms. The molecule has 66 valence electrons. The number of hydrogen-bond acceptors (Lipinski definition) is 4. The summed E-state index contributed by atoms with van der Waals surface area (Å²) in [6, 6.07) is 0. The smallest absolute Gasteiger partial charge is 0.308 e. The summed E-state index contributed by atoms with van der Waals surface area (Å²) in [4.78, 5) is 11.1. The molecule has 0 saturated heterocycles. The van der Waals surface area contributed by atoms with E-state index in [1.165, 1.54) is 0 Å². The van der Waals surface area contributed by atoms with Crippen molar-refractivity contribution in [3.8, 4) is 0 Å². The lowest BCUT2D eigenvalue weighted by Crippen LogP contribution is -2.22. The van der Waals surface area contributed by atoms with Gasteiger partial charge >= 0.3 is 11.8 Å². The second-order valence-corrected chi connectivity index (χ2v) is 2.21. The zero-order chi connectivity index (χ0) is 8.97. The van der Waals surface area contributed by atoms with Crippen molar-refractivity contribution in [2.24, 2.45) is 0 Å². The molecule has 0 saturated carbocycles. The summed E-state index contributed by atoms with van der Waals surface area (Å²) in [6.07, 6.45) is 0.645.